The summed E-state index contributed by atoms with van der Waals surface area (Å²) in [7, 11) is 0. The molecular formula is C28H30F3N5S. The molecule has 0 radical (unpaired) electrons. The molecule has 3 heterocycles. The number of aromatic nitrogens is 2. The van der Waals surface area contributed by atoms with E-state index < -0.39 is 12.6 Å². The molecular weight excluding hydrogens is 495 g/mol. The van der Waals surface area contributed by atoms with Crippen molar-refractivity contribution in [2.24, 2.45) is 0 Å². The fraction of sp³-hybridized carbons (Fsp3) is 0.357. The number of nitrogens with one attached hydrogen (secondary N) is 2. The fourth-order valence-corrected chi connectivity index (χ4v) is 5.94. The number of benzene rings is 2. The standard InChI is InChI=1S/C28H30F3N5S/c29-28(30,31)16-22-15-23-26(33-19-34-27(23)37-22)35-24-12-14-36(17-21-9-5-2-6-10-21)18-25(24)32-13-11-20-7-3-1-4-8-20/h1-10,15,19,24-25,32H,11-14,16-18H2,(H,33,34,35)/t24-,25-/m0/s1. The molecule has 2 aromatic carbocycles. The highest BCUT2D eigenvalue weighted by Crippen LogP contribution is 2.33. The maximum Gasteiger partial charge on any atom is 0.393 e. The molecule has 1 aliphatic rings. The third-order valence-corrected chi connectivity index (χ3v) is 7.73. The van der Waals surface area contributed by atoms with E-state index in [9.17, 15) is 13.2 Å². The zero-order valence-corrected chi connectivity index (χ0v) is 21.2. The molecule has 1 aliphatic heterocycles. The van der Waals surface area contributed by atoms with Gasteiger partial charge in [0.25, 0.3) is 0 Å². The van der Waals surface area contributed by atoms with Gasteiger partial charge in [0.1, 0.15) is 17.0 Å². The van der Waals surface area contributed by atoms with Crippen LogP contribution >= 0.6 is 11.3 Å². The van der Waals surface area contributed by atoms with E-state index in [1.54, 1.807) is 6.07 Å². The molecule has 0 unspecified atom stereocenters. The quantitative estimate of drug-likeness (QED) is 0.294. The van der Waals surface area contributed by atoms with Crippen LogP contribution in [-0.2, 0) is 19.4 Å². The van der Waals surface area contributed by atoms with Crippen molar-refractivity contribution in [3.8, 4) is 0 Å². The summed E-state index contributed by atoms with van der Waals surface area (Å²) in [4.78, 5) is 11.9. The van der Waals surface area contributed by atoms with Gasteiger partial charge in [-0.25, -0.2) is 9.97 Å². The molecule has 2 atom stereocenters. The topological polar surface area (TPSA) is 53.1 Å². The minimum Gasteiger partial charge on any atom is -0.365 e. The van der Waals surface area contributed by atoms with Gasteiger partial charge in [0.15, 0.2) is 0 Å². The van der Waals surface area contributed by atoms with Crippen LogP contribution in [0.4, 0.5) is 19.0 Å². The molecule has 2 aromatic heterocycles. The molecule has 2 N–H and O–H groups in total. The first kappa shape index (κ1) is 25.6. The summed E-state index contributed by atoms with van der Waals surface area (Å²) in [5.74, 6) is 0.603. The van der Waals surface area contributed by atoms with Crippen LogP contribution in [0.1, 0.15) is 22.4 Å². The fourth-order valence-electron chi connectivity index (χ4n) is 4.91. The number of hydrogen-bond donors (Lipinski definition) is 2. The Hall–Kier alpha value is -3.01. The maximum atomic E-state index is 13.0. The number of anilines is 1. The first-order valence-corrected chi connectivity index (χ1v) is 13.3. The molecule has 0 amide bonds. The molecule has 194 valence electrons. The van der Waals surface area contributed by atoms with Gasteiger partial charge in [0.2, 0.25) is 0 Å². The van der Waals surface area contributed by atoms with E-state index in [4.69, 9.17) is 0 Å². The van der Waals surface area contributed by atoms with Crippen molar-refractivity contribution in [3.63, 3.8) is 0 Å². The summed E-state index contributed by atoms with van der Waals surface area (Å²) < 4.78 is 38.9. The highest BCUT2D eigenvalue weighted by atomic mass is 32.1. The zero-order valence-electron chi connectivity index (χ0n) is 20.4. The molecule has 37 heavy (non-hydrogen) atoms. The number of hydrogen-bond acceptors (Lipinski definition) is 6. The third-order valence-electron chi connectivity index (χ3n) is 6.69. The smallest absolute Gasteiger partial charge is 0.365 e. The number of nitrogens with zero attached hydrogens (tertiary/aromatic N) is 3. The van der Waals surface area contributed by atoms with Gasteiger partial charge in [-0.15, -0.1) is 11.3 Å². The van der Waals surface area contributed by atoms with E-state index in [1.165, 1.54) is 17.5 Å². The lowest BCUT2D eigenvalue weighted by atomic mass is 9.97. The Morgan fingerprint density at radius 2 is 1.68 bits per heavy atom. The summed E-state index contributed by atoms with van der Waals surface area (Å²) >= 11 is 1.08. The Bertz CT molecular complexity index is 1280. The Labute approximate surface area is 218 Å². The second-order valence-corrected chi connectivity index (χ2v) is 10.6. The molecule has 1 fully saturated rings. The van der Waals surface area contributed by atoms with Gasteiger partial charge < -0.3 is 10.6 Å². The summed E-state index contributed by atoms with van der Waals surface area (Å²) in [5, 5.41) is 7.97. The lowest BCUT2D eigenvalue weighted by Gasteiger charge is -2.40. The predicted octanol–water partition coefficient (Wildman–Crippen LogP) is 5.68. The monoisotopic (exact) mass is 525 g/mol. The van der Waals surface area contributed by atoms with E-state index >= 15 is 0 Å². The lowest BCUT2D eigenvalue weighted by Crippen LogP contribution is -2.56. The first-order chi connectivity index (χ1) is 17.9. The summed E-state index contributed by atoms with van der Waals surface area (Å²) in [5.41, 5.74) is 2.56. The van der Waals surface area contributed by atoms with Gasteiger partial charge in [0, 0.05) is 36.6 Å². The Kier molecular flexibility index (Phi) is 8.02. The van der Waals surface area contributed by atoms with Crippen molar-refractivity contribution in [3.05, 3.63) is 89.1 Å². The summed E-state index contributed by atoms with van der Waals surface area (Å²) in [6.07, 6.45) is -1.95. The number of thiophene rings is 1. The Morgan fingerprint density at radius 1 is 0.946 bits per heavy atom. The van der Waals surface area contributed by atoms with E-state index in [-0.39, 0.29) is 17.0 Å². The van der Waals surface area contributed by atoms with Crippen molar-refractivity contribution in [1.82, 2.24) is 20.2 Å². The lowest BCUT2D eigenvalue weighted by molar-refractivity contribution is -0.126. The van der Waals surface area contributed by atoms with Gasteiger partial charge in [-0.2, -0.15) is 13.2 Å². The molecule has 5 nitrogen and oxygen atoms in total. The van der Waals surface area contributed by atoms with E-state index in [0.29, 0.717) is 16.0 Å². The highest BCUT2D eigenvalue weighted by molar-refractivity contribution is 7.18. The third kappa shape index (κ3) is 7.06. The summed E-state index contributed by atoms with van der Waals surface area (Å²) in [6.45, 7) is 3.49. The number of piperidine rings is 1. The van der Waals surface area contributed by atoms with Gasteiger partial charge in [-0.1, -0.05) is 60.7 Å². The Morgan fingerprint density at radius 3 is 2.41 bits per heavy atom. The van der Waals surface area contributed by atoms with Gasteiger partial charge >= 0.3 is 6.18 Å². The molecule has 0 spiro atoms. The van der Waals surface area contributed by atoms with Crippen molar-refractivity contribution < 1.29 is 13.2 Å². The van der Waals surface area contributed by atoms with Crippen LogP contribution in [0.5, 0.6) is 0 Å². The zero-order chi connectivity index (χ0) is 25.7. The van der Waals surface area contributed by atoms with E-state index in [1.807, 2.05) is 12.1 Å². The van der Waals surface area contributed by atoms with E-state index in [0.717, 1.165) is 50.4 Å². The normalized spacial score (nSPS) is 18.8. The molecule has 4 aromatic rings. The van der Waals surface area contributed by atoms with Crippen molar-refractivity contribution in [2.75, 3.05) is 25.0 Å². The molecule has 0 aliphatic carbocycles. The van der Waals surface area contributed by atoms with Crippen molar-refractivity contribution in [2.45, 2.75) is 44.1 Å². The second-order valence-electron chi connectivity index (χ2n) is 9.50. The number of rotatable bonds is 9. The number of fused-ring (bicyclic) bond motifs is 1. The number of alkyl halides is 3. The number of halogens is 3. The largest absolute Gasteiger partial charge is 0.393 e. The molecule has 0 saturated carbocycles. The van der Waals surface area contributed by atoms with Gasteiger partial charge in [0.05, 0.1) is 11.8 Å². The van der Waals surface area contributed by atoms with Crippen LogP contribution in [0.25, 0.3) is 10.2 Å². The average molecular weight is 526 g/mol. The van der Waals surface area contributed by atoms with Crippen LogP contribution in [-0.4, -0.2) is 52.8 Å². The molecule has 1 saturated heterocycles. The van der Waals surface area contributed by atoms with Crippen LogP contribution in [0.3, 0.4) is 0 Å². The van der Waals surface area contributed by atoms with Crippen LogP contribution in [0.2, 0.25) is 0 Å². The van der Waals surface area contributed by atoms with Crippen LogP contribution in [0.15, 0.2) is 73.1 Å². The molecule has 5 rings (SSSR count). The van der Waals surface area contributed by atoms with Crippen molar-refractivity contribution >= 4 is 27.4 Å². The minimum atomic E-state index is -4.25. The number of likely N-dealkylation sites (tertiary alicyclic amines) is 1. The molecule has 9 heteroatoms. The Balaban J connectivity index is 1.31. The average Bonchev–Trinajstić information content (AvgIpc) is 3.28. The van der Waals surface area contributed by atoms with Gasteiger partial charge in [-0.05, 0) is 36.6 Å². The maximum absolute atomic E-state index is 13.0. The minimum absolute atomic E-state index is 0.0897. The van der Waals surface area contributed by atoms with Crippen LogP contribution in [0, 0.1) is 0 Å². The SMILES string of the molecule is FC(F)(F)Cc1cc2c(N[C@H]3CCN(Cc4ccccc4)C[C@@H]3NCCc3ccccc3)ncnc2s1. The first-order valence-electron chi connectivity index (χ1n) is 12.5. The van der Waals surface area contributed by atoms with Crippen LogP contribution < -0.4 is 10.6 Å². The summed E-state index contributed by atoms with van der Waals surface area (Å²) in [6, 6.07) is 22.7. The van der Waals surface area contributed by atoms with E-state index in [2.05, 4.69) is 74.0 Å². The predicted molar refractivity (Wildman–Crippen MR) is 143 cm³/mol. The second kappa shape index (κ2) is 11.6. The highest BCUT2D eigenvalue weighted by Gasteiger charge is 2.31. The van der Waals surface area contributed by atoms with Gasteiger partial charge in [-0.3, -0.25) is 4.90 Å². The van der Waals surface area contributed by atoms with Crippen molar-refractivity contribution in [1.29, 1.82) is 0 Å². The molecule has 0 bridgehead atoms.